The standard InChI is InChI=1S/C22H15NO5/c1-11(23)12-2-5-16-15(8-12)21(26)28-22(16)17-6-3-13(24)9-19(17)27-20-10-14(25)4-7-18(20)22/h2-10,24-25H,1,23H2. The van der Waals surface area contributed by atoms with Crippen molar-refractivity contribution < 1.29 is 24.5 Å². The first-order valence-corrected chi connectivity index (χ1v) is 8.57. The minimum absolute atomic E-state index is 0.0110. The first-order valence-electron chi connectivity index (χ1n) is 8.57. The van der Waals surface area contributed by atoms with Crippen LogP contribution in [0.3, 0.4) is 0 Å². The zero-order valence-corrected chi connectivity index (χ0v) is 14.6. The number of benzene rings is 3. The predicted octanol–water partition coefficient (Wildman–Crippen LogP) is 3.60. The van der Waals surface area contributed by atoms with Gasteiger partial charge in [0, 0.05) is 34.5 Å². The zero-order chi connectivity index (χ0) is 19.6. The Kier molecular flexibility index (Phi) is 3.07. The van der Waals surface area contributed by atoms with Gasteiger partial charge in [-0.2, -0.15) is 0 Å². The van der Waals surface area contributed by atoms with Crippen LogP contribution in [-0.2, 0) is 10.3 Å². The van der Waals surface area contributed by atoms with Crippen LogP contribution in [0.1, 0.15) is 32.6 Å². The van der Waals surface area contributed by atoms with Crippen LogP contribution in [0.5, 0.6) is 23.0 Å². The van der Waals surface area contributed by atoms with Crippen molar-refractivity contribution in [2.45, 2.75) is 5.60 Å². The van der Waals surface area contributed by atoms with E-state index in [4.69, 9.17) is 15.2 Å². The van der Waals surface area contributed by atoms with Crippen molar-refractivity contribution in [1.82, 2.24) is 0 Å². The molecule has 2 aliphatic rings. The molecule has 0 aromatic heterocycles. The largest absolute Gasteiger partial charge is 0.508 e. The fourth-order valence-electron chi connectivity index (χ4n) is 3.91. The second kappa shape index (κ2) is 5.29. The fourth-order valence-corrected chi connectivity index (χ4v) is 3.91. The van der Waals surface area contributed by atoms with Crippen LogP contribution in [0.4, 0.5) is 0 Å². The van der Waals surface area contributed by atoms with Crippen molar-refractivity contribution in [3.63, 3.8) is 0 Å². The van der Waals surface area contributed by atoms with Crippen molar-refractivity contribution >= 4 is 11.7 Å². The van der Waals surface area contributed by atoms with Crippen molar-refractivity contribution in [3.8, 4) is 23.0 Å². The Hall–Kier alpha value is -3.93. The summed E-state index contributed by atoms with van der Waals surface area (Å²) >= 11 is 0. The SMILES string of the molecule is C=C(N)c1ccc2c(c1)C(=O)OC21c2ccc(O)cc2Oc2cc(O)ccc21. The number of esters is 1. The molecule has 28 heavy (non-hydrogen) atoms. The molecule has 0 fully saturated rings. The number of ether oxygens (including phenoxy) is 2. The number of rotatable bonds is 1. The summed E-state index contributed by atoms with van der Waals surface area (Å²) in [6, 6.07) is 14.5. The summed E-state index contributed by atoms with van der Waals surface area (Å²) in [7, 11) is 0. The minimum Gasteiger partial charge on any atom is -0.508 e. The van der Waals surface area contributed by atoms with E-state index < -0.39 is 11.6 Å². The van der Waals surface area contributed by atoms with Gasteiger partial charge in [-0.3, -0.25) is 0 Å². The summed E-state index contributed by atoms with van der Waals surface area (Å²) in [5.41, 5.74) is 7.68. The number of phenols is 2. The van der Waals surface area contributed by atoms with E-state index in [1.54, 1.807) is 30.3 Å². The average molecular weight is 373 g/mol. The van der Waals surface area contributed by atoms with Crippen LogP contribution < -0.4 is 10.5 Å². The maximum absolute atomic E-state index is 12.8. The average Bonchev–Trinajstić information content (AvgIpc) is 2.94. The highest BCUT2D eigenvalue weighted by atomic mass is 16.6. The quantitative estimate of drug-likeness (QED) is 0.564. The molecule has 0 unspecified atom stereocenters. The number of fused-ring (bicyclic) bond motifs is 6. The molecule has 2 heterocycles. The summed E-state index contributed by atoms with van der Waals surface area (Å²) in [4.78, 5) is 12.8. The van der Waals surface area contributed by atoms with Crippen molar-refractivity contribution in [3.05, 3.63) is 89.0 Å². The molecule has 0 saturated heterocycles. The van der Waals surface area contributed by atoms with Gasteiger partial charge >= 0.3 is 5.97 Å². The van der Waals surface area contributed by atoms with Gasteiger partial charge in [-0.1, -0.05) is 18.7 Å². The second-order valence-electron chi connectivity index (χ2n) is 6.82. The van der Waals surface area contributed by atoms with E-state index in [0.717, 1.165) is 0 Å². The van der Waals surface area contributed by atoms with E-state index >= 15 is 0 Å². The topological polar surface area (TPSA) is 102 Å². The second-order valence-corrected chi connectivity index (χ2v) is 6.82. The smallest absolute Gasteiger partial charge is 0.340 e. The lowest BCUT2D eigenvalue weighted by Crippen LogP contribution is -2.32. The van der Waals surface area contributed by atoms with Crippen molar-refractivity contribution in [1.29, 1.82) is 0 Å². The van der Waals surface area contributed by atoms with Crippen LogP contribution in [0.15, 0.2) is 61.2 Å². The number of carbonyl (C=O) groups excluding carboxylic acids is 1. The van der Waals surface area contributed by atoms with Crippen molar-refractivity contribution in [2.24, 2.45) is 5.73 Å². The molecule has 0 radical (unpaired) electrons. The number of carbonyl (C=O) groups is 1. The Morgan fingerprint density at radius 3 is 2.04 bits per heavy atom. The summed E-state index contributed by atoms with van der Waals surface area (Å²) in [6.45, 7) is 3.72. The molecular weight excluding hydrogens is 358 g/mol. The molecule has 1 spiro atoms. The summed E-state index contributed by atoms with van der Waals surface area (Å²) < 4.78 is 11.9. The maximum Gasteiger partial charge on any atom is 0.340 e. The third-order valence-corrected chi connectivity index (χ3v) is 5.14. The van der Waals surface area contributed by atoms with Crippen LogP contribution in [0.25, 0.3) is 5.70 Å². The molecule has 6 heteroatoms. The highest BCUT2D eigenvalue weighted by molar-refractivity contribution is 5.98. The van der Waals surface area contributed by atoms with E-state index in [-0.39, 0.29) is 11.5 Å². The normalized spacial score (nSPS) is 15.2. The number of hydrogen-bond donors (Lipinski definition) is 3. The van der Waals surface area contributed by atoms with Gasteiger partial charge in [0.25, 0.3) is 0 Å². The highest BCUT2D eigenvalue weighted by Crippen LogP contribution is 2.57. The van der Waals surface area contributed by atoms with E-state index in [0.29, 0.717) is 45.0 Å². The maximum atomic E-state index is 12.8. The molecule has 0 saturated carbocycles. The van der Waals surface area contributed by atoms with Gasteiger partial charge < -0.3 is 25.4 Å². The lowest BCUT2D eigenvalue weighted by atomic mass is 9.77. The van der Waals surface area contributed by atoms with E-state index in [1.165, 1.54) is 24.3 Å². The van der Waals surface area contributed by atoms with Crippen LogP contribution in [0.2, 0.25) is 0 Å². The molecule has 5 rings (SSSR count). The third kappa shape index (κ3) is 2.00. The highest BCUT2D eigenvalue weighted by Gasteiger charge is 2.53. The van der Waals surface area contributed by atoms with Crippen LogP contribution in [-0.4, -0.2) is 16.2 Å². The Morgan fingerprint density at radius 2 is 1.46 bits per heavy atom. The minimum atomic E-state index is -1.26. The van der Waals surface area contributed by atoms with E-state index in [1.807, 2.05) is 0 Å². The molecule has 4 N–H and O–H groups in total. The van der Waals surface area contributed by atoms with Gasteiger partial charge in [-0.25, -0.2) is 4.79 Å². The molecule has 138 valence electrons. The lowest BCUT2D eigenvalue weighted by Gasteiger charge is -2.36. The number of nitrogens with two attached hydrogens (primary N) is 1. The Labute approximate surface area is 160 Å². The Bertz CT molecular complexity index is 1150. The molecule has 0 bridgehead atoms. The number of hydrogen-bond acceptors (Lipinski definition) is 6. The van der Waals surface area contributed by atoms with Gasteiger partial charge in [0.15, 0.2) is 5.60 Å². The molecule has 3 aromatic rings. The Morgan fingerprint density at radius 1 is 0.893 bits per heavy atom. The number of aromatic hydroxyl groups is 2. The van der Waals surface area contributed by atoms with Crippen LogP contribution in [0, 0.1) is 0 Å². The van der Waals surface area contributed by atoms with Crippen molar-refractivity contribution in [2.75, 3.05) is 0 Å². The number of phenolic OH excluding ortho intramolecular Hbond substituents is 2. The zero-order valence-electron chi connectivity index (χ0n) is 14.6. The van der Waals surface area contributed by atoms with Crippen LogP contribution >= 0.6 is 0 Å². The van der Waals surface area contributed by atoms with E-state index in [2.05, 4.69) is 6.58 Å². The fraction of sp³-hybridized carbons (Fsp3) is 0.0455. The third-order valence-electron chi connectivity index (χ3n) is 5.14. The summed E-state index contributed by atoms with van der Waals surface area (Å²) in [5, 5.41) is 19.8. The molecule has 3 aromatic carbocycles. The van der Waals surface area contributed by atoms with Gasteiger partial charge in [0.05, 0.1) is 5.56 Å². The lowest BCUT2D eigenvalue weighted by molar-refractivity contribution is 0.0224. The first-order chi connectivity index (χ1) is 13.4. The summed E-state index contributed by atoms with van der Waals surface area (Å²) in [5.74, 6) is 0.198. The summed E-state index contributed by atoms with van der Waals surface area (Å²) in [6.07, 6.45) is 0. The monoisotopic (exact) mass is 373 g/mol. The molecule has 0 amide bonds. The van der Waals surface area contributed by atoms with Gasteiger partial charge in [0.2, 0.25) is 0 Å². The molecular formula is C22H15NO5. The Balaban J connectivity index is 1.87. The van der Waals surface area contributed by atoms with Gasteiger partial charge in [-0.15, -0.1) is 0 Å². The van der Waals surface area contributed by atoms with Gasteiger partial charge in [-0.05, 0) is 35.9 Å². The van der Waals surface area contributed by atoms with Gasteiger partial charge in [0.1, 0.15) is 23.0 Å². The molecule has 0 atom stereocenters. The molecule has 6 nitrogen and oxygen atoms in total. The van der Waals surface area contributed by atoms with E-state index in [9.17, 15) is 15.0 Å². The molecule has 2 aliphatic heterocycles. The molecule has 0 aliphatic carbocycles. The predicted molar refractivity (Wildman–Crippen MR) is 101 cm³/mol. The first kappa shape index (κ1) is 16.3.